The number of carbonyl (C=O) groups excluding carboxylic acids is 2. The van der Waals surface area contributed by atoms with E-state index in [9.17, 15) is 14.4 Å². The number of aromatic carboxylic acids is 1. The Labute approximate surface area is 124 Å². The maximum Gasteiger partial charge on any atom is 0.336 e. The Bertz CT molecular complexity index is 548. The summed E-state index contributed by atoms with van der Waals surface area (Å²) in [5.74, 6) is -1.41. The first kappa shape index (κ1) is 16.0. The fraction of sp³-hybridized carbons (Fsp3) is 0.250. The van der Waals surface area contributed by atoms with Crippen molar-refractivity contribution in [2.24, 2.45) is 0 Å². The van der Waals surface area contributed by atoms with Crippen molar-refractivity contribution in [3.8, 4) is 0 Å². The van der Waals surface area contributed by atoms with Crippen LogP contribution in [0.5, 0.6) is 0 Å². The number of nitrogens with one attached hydrogen (secondary N) is 2. The first-order valence-corrected chi connectivity index (χ1v) is 6.40. The van der Waals surface area contributed by atoms with E-state index in [1.807, 2.05) is 0 Å². The van der Waals surface area contributed by atoms with E-state index in [4.69, 9.17) is 5.11 Å². The van der Waals surface area contributed by atoms with Gasteiger partial charge in [0.25, 0.3) is 0 Å². The number of benzene rings is 1. The standard InChI is InChI=1S/C12H14BrN3O4/c1-14-10(17)6-16(2)12(20)15-7-3-4-9(13)8(5-7)11(18)19/h3-5H,6H2,1-2H3,(H,14,17)(H,15,20)(H,18,19). The first-order chi connectivity index (χ1) is 9.35. The number of anilines is 1. The summed E-state index contributed by atoms with van der Waals surface area (Å²) < 4.78 is 0.418. The molecule has 0 unspecified atom stereocenters. The molecule has 7 nitrogen and oxygen atoms in total. The highest BCUT2D eigenvalue weighted by atomic mass is 79.9. The van der Waals surface area contributed by atoms with Gasteiger partial charge in [-0.15, -0.1) is 0 Å². The van der Waals surface area contributed by atoms with E-state index in [0.29, 0.717) is 10.2 Å². The lowest BCUT2D eigenvalue weighted by atomic mass is 10.2. The van der Waals surface area contributed by atoms with E-state index in [1.165, 1.54) is 31.1 Å². The molecule has 0 fully saturated rings. The normalized spacial score (nSPS) is 9.75. The van der Waals surface area contributed by atoms with E-state index in [1.54, 1.807) is 6.07 Å². The lowest BCUT2D eigenvalue weighted by Gasteiger charge is -2.17. The maximum atomic E-state index is 11.8. The highest BCUT2D eigenvalue weighted by Crippen LogP contribution is 2.21. The molecule has 3 amide bonds. The van der Waals surface area contributed by atoms with Gasteiger partial charge in [-0.1, -0.05) is 0 Å². The third kappa shape index (κ3) is 4.23. The summed E-state index contributed by atoms with van der Waals surface area (Å²) in [5, 5.41) is 13.9. The molecule has 0 radical (unpaired) electrons. The minimum Gasteiger partial charge on any atom is -0.478 e. The van der Waals surface area contributed by atoms with Crippen LogP contribution >= 0.6 is 15.9 Å². The molecule has 8 heteroatoms. The molecule has 0 aliphatic carbocycles. The van der Waals surface area contributed by atoms with E-state index in [0.717, 1.165) is 0 Å². The summed E-state index contributed by atoms with van der Waals surface area (Å²) in [6, 6.07) is 3.91. The van der Waals surface area contributed by atoms with Crippen molar-refractivity contribution in [2.45, 2.75) is 0 Å². The zero-order valence-electron chi connectivity index (χ0n) is 10.9. The fourth-order valence-electron chi connectivity index (χ4n) is 1.35. The summed E-state index contributed by atoms with van der Waals surface area (Å²) in [6.07, 6.45) is 0. The van der Waals surface area contributed by atoms with Gasteiger partial charge in [0, 0.05) is 24.3 Å². The number of carboxylic acids is 1. The lowest BCUT2D eigenvalue weighted by Crippen LogP contribution is -2.39. The molecule has 0 aliphatic rings. The van der Waals surface area contributed by atoms with Crippen molar-refractivity contribution in [3.05, 3.63) is 28.2 Å². The molecule has 108 valence electrons. The van der Waals surface area contributed by atoms with Crippen LogP contribution in [0.3, 0.4) is 0 Å². The van der Waals surface area contributed by atoms with Gasteiger partial charge in [-0.2, -0.15) is 0 Å². The molecule has 1 rings (SSSR count). The molecule has 0 saturated heterocycles. The van der Waals surface area contributed by atoms with Crippen LogP contribution in [-0.4, -0.2) is 48.6 Å². The van der Waals surface area contributed by atoms with Gasteiger partial charge in [-0.25, -0.2) is 9.59 Å². The average molecular weight is 344 g/mol. The first-order valence-electron chi connectivity index (χ1n) is 5.60. The zero-order valence-corrected chi connectivity index (χ0v) is 12.5. The van der Waals surface area contributed by atoms with Crippen LogP contribution in [0.1, 0.15) is 10.4 Å². The number of nitrogens with zero attached hydrogens (tertiary/aromatic N) is 1. The molecular formula is C12H14BrN3O4. The van der Waals surface area contributed by atoms with Crippen LogP contribution in [0, 0.1) is 0 Å². The second-order valence-electron chi connectivity index (χ2n) is 3.96. The van der Waals surface area contributed by atoms with Gasteiger partial charge in [0.05, 0.1) is 5.56 Å². The molecule has 1 aromatic carbocycles. The number of carboxylic acid groups (broad SMARTS) is 1. The Morgan fingerprint density at radius 2 is 2.00 bits per heavy atom. The van der Waals surface area contributed by atoms with Crippen LogP contribution < -0.4 is 10.6 Å². The quantitative estimate of drug-likeness (QED) is 0.768. The summed E-state index contributed by atoms with van der Waals surface area (Å²) in [5.41, 5.74) is 0.371. The fourth-order valence-corrected chi connectivity index (χ4v) is 1.77. The van der Waals surface area contributed by atoms with Gasteiger partial charge in [0.1, 0.15) is 6.54 Å². The molecule has 3 N–H and O–H groups in total. The number of amides is 3. The predicted octanol–water partition coefficient (Wildman–Crippen LogP) is 1.36. The summed E-state index contributed by atoms with van der Waals surface area (Å²) >= 11 is 3.11. The highest BCUT2D eigenvalue weighted by molar-refractivity contribution is 9.10. The third-order valence-electron chi connectivity index (χ3n) is 2.45. The number of hydrogen-bond acceptors (Lipinski definition) is 3. The number of hydrogen-bond donors (Lipinski definition) is 3. The zero-order chi connectivity index (χ0) is 15.3. The Morgan fingerprint density at radius 1 is 1.35 bits per heavy atom. The Kier molecular flexibility index (Phi) is 5.51. The maximum absolute atomic E-state index is 11.8. The molecule has 0 aromatic heterocycles. The van der Waals surface area contributed by atoms with Crippen molar-refractivity contribution in [3.63, 3.8) is 0 Å². The Morgan fingerprint density at radius 3 is 2.55 bits per heavy atom. The third-order valence-corrected chi connectivity index (χ3v) is 3.15. The molecular weight excluding hydrogens is 330 g/mol. The van der Waals surface area contributed by atoms with Crippen molar-refractivity contribution < 1.29 is 19.5 Å². The molecule has 20 heavy (non-hydrogen) atoms. The molecule has 1 aromatic rings. The number of likely N-dealkylation sites (N-methyl/N-ethyl adjacent to an activating group) is 2. The molecule has 0 atom stereocenters. The van der Waals surface area contributed by atoms with Gasteiger partial charge in [0.15, 0.2) is 0 Å². The average Bonchev–Trinajstić information content (AvgIpc) is 2.40. The van der Waals surface area contributed by atoms with Crippen LogP contribution in [0.15, 0.2) is 22.7 Å². The number of urea groups is 1. The summed E-state index contributed by atoms with van der Waals surface area (Å²) in [7, 11) is 2.93. The smallest absolute Gasteiger partial charge is 0.336 e. The van der Waals surface area contributed by atoms with E-state index < -0.39 is 12.0 Å². The van der Waals surface area contributed by atoms with Gasteiger partial charge in [0.2, 0.25) is 5.91 Å². The molecule has 0 spiro atoms. The van der Waals surface area contributed by atoms with Crippen LogP contribution in [-0.2, 0) is 4.79 Å². The van der Waals surface area contributed by atoms with Crippen LogP contribution in [0.25, 0.3) is 0 Å². The Balaban J connectivity index is 2.78. The van der Waals surface area contributed by atoms with E-state index in [-0.39, 0.29) is 18.0 Å². The Hall–Kier alpha value is -2.09. The van der Waals surface area contributed by atoms with Crippen molar-refractivity contribution in [2.75, 3.05) is 26.0 Å². The molecule has 0 saturated carbocycles. The minimum atomic E-state index is -1.10. The van der Waals surface area contributed by atoms with Crippen molar-refractivity contribution >= 4 is 39.5 Å². The van der Waals surface area contributed by atoms with Crippen LogP contribution in [0.4, 0.5) is 10.5 Å². The largest absolute Gasteiger partial charge is 0.478 e. The number of halogens is 1. The molecule has 0 heterocycles. The topological polar surface area (TPSA) is 98.7 Å². The monoisotopic (exact) mass is 343 g/mol. The molecule has 0 aliphatic heterocycles. The van der Waals surface area contributed by atoms with Crippen molar-refractivity contribution in [1.29, 1.82) is 0 Å². The predicted molar refractivity (Wildman–Crippen MR) is 76.8 cm³/mol. The second kappa shape index (κ2) is 6.90. The summed E-state index contributed by atoms with van der Waals surface area (Å²) in [4.78, 5) is 35.1. The summed E-state index contributed by atoms with van der Waals surface area (Å²) in [6.45, 7) is -0.0926. The number of rotatable bonds is 4. The molecule has 0 bridgehead atoms. The van der Waals surface area contributed by atoms with Gasteiger partial charge in [-0.3, -0.25) is 4.79 Å². The van der Waals surface area contributed by atoms with Crippen molar-refractivity contribution in [1.82, 2.24) is 10.2 Å². The van der Waals surface area contributed by atoms with Gasteiger partial charge < -0.3 is 20.6 Å². The lowest BCUT2D eigenvalue weighted by molar-refractivity contribution is -0.120. The SMILES string of the molecule is CNC(=O)CN(C)C(=O)Nc1ccc(Br)c(C(=O)O)c1. The highest BCUT2D eigenvalue weighted by Gasteiger charge is 2.14. The minimum absolute atomic E-state index is 0.0387. The van der Waals surface area contributed by atoms with E-state index in [2.05, 4.69) is 26.6 Å². The van der Waals surface area contributed by atoms with Crippen LogP contribution in [0.2, 0.25) is 0 Å². The van der Waals surface area contributed by atoms with Gasteiger partial charge in [-0.05, 0) is 34.1 Å². The van der Waals surface area contributed by atoms with Gasteiger partial charge >= 0.3 is 12.0 Å². The second-order valence-corrected chi connectivity index (χ2v) is 4.81. The van der Waals surface area contributed by atoms with E-state index >= 15 is 0 Å². The number of carbonyl (C=O) groups is 3.